The number of furan rings is 1. The van der Waals surface area contributed by atoms with Crippen LogP contribution in [0.1, 0.15) is 16.1 Å². The summed E-state index contributed by atoms with van der Waals surface area (Å²) in [5.74, 6) is 1.07. The molecule has 0 atom stereocenters. The van der Waals surface area contributed by atoms with Gasteiger partial charge in [0, 0.05) is 11.2 Å². The van der Waals surface area contributed by atoms with Crippen LogP contribution < -0.4 is 15.4 Å². The van der Waals surface area contributed by atoms with Gasteiger partial charge in [-0.2, -0.15) is 0 Å². The molecule has 0 aliphatic heterocycles. The normalized spacial score (nSPS) is 10.3. The second-order valence-electron chi connectivity index (χ2n) is 5.19. The minimum absolute atomic E-state index is 0.245. The minimum atomic E-state index is -0.245. The highest BCUT2D eigenvalue weighted by molar-refractivity contribution is 6.31. The molecule has 3 rings (SSSR count). The van der Waals surface area contributed by atoms with E-state index in [9.17, 15) is 4.79 Å². The van der Waals surface area contributed by atoms with E-state index in [1.807, 2.05) is 0 Å². The number of nitrogens with zero attached hydrogens (tertiary/aromatic N) is 1. The highest BCUT2D eigenvalue weighted by atomic mass is 35.5. The van der Waals surface area contributed by atoms with E-state index in [0.29, 0.717) is 40.0 Å². The minimum Gasteiger partial charge on any atom is -0.495 e. The van der Waals surface area contributed by atoms with Gasteiger partial charge in [0.2, 0.25) is 0 Å². The highest BCUT2D eigenvalue weighted by Gasteiger charge is 2.09. The van der Waals surface area contributed by atoms with Crippen molar-refractivity contribution >= 4 is 28.9 Å². The Bertz CT molecular complexity index is 866. The molecule has 0 saturated carbocycles. The first-order chi connectivity index (χ1) is 12.2. The Balaban J connectivity index is 1.73. The summed E-state index contributed by atoms with van der Waals surface area (Å²) in [4.78, 5) is 16.4. The largest absolute Gasteiger partial charge is 0.495 e. The van der Waals surface area contributed by atoms with Crippen molar-refractivity contribution in [2.75, 3.05) is 12.4 Å². The molecule has 6 nitrogen and oxygen atoms in total. The fraction of sp³-hybridized carbons (Fsp3) is 0.111. The molecule has 0 saturated heterocycles. The Labute approximate surface area is 149 Å². The zero-order valence-corrected chi connectivity index (χ0v) is 14.2. The van der Waals surface area contributed by atoms with Crippen LogP contribution in [0.3, 0.4) is 0 Å². The molecule has 25 heavy (non-hydrogen) atoms. The zero-order valence-electron chi connectivity index (χ0n) is 13.5. The fourth-order valence-electron chi connectivity index (χ4n) is 2.25. The first-order valence-corrected chi connectivity index (χ1v) is 7.89. The number of carbonyl (C=O) groups is 1. The number of nitrogens with one attached hydrogen (secondary N) is 2. The van der Waals surface area contributed by atoms with Crippen molar-refractivity contribution in [3.8, 4) is 5.75 Å². The predicted molar refractivity (Wildman–Crippen MR) is 95.4 cm³/mol. The molecular weight excluding hydrogens is 342 g/mol. The lowest BCUT2D eigenvalue weighted by atomic mass is 10.2. The molecule has 128 valence electrons. The molecule has 2 N–H and O–H groups in total. The molecule has 0 bridgehead atoms. The summed E-state index contributed by atoms with van der Waals surface area (Å²) in [6, 6.07) is 10.5. The maximum Gasteiger partial charge on any atom is 0.253 e. The molecule has 0 radical (unpaired) electrons. The molecule has 0 aliphatic rings. The Morgan fingerprint density at radius 3 is 2.92 bits per heavy atom. The number of hydrogen-bond donors (Lipinski definition) is 2. The Kier molecular flexibility index (Phi) is 5.20. The number of amides is 1. The third kappa shape index (κ3) is 4.30. The van der Waals surface area contributed by atoms with Crippen LogP contribution in [-0.2, 0) is 6.54 Å². The van der Waals surface area contributed by atoms with Gasteiger partial charge in [-0.05, 0) is 36.4 Å². The van der Waals surface area contributed by atoms with Crippen LogP contribution in [0, 0.1) is 0 Å². The number of benzene rings is 1. The van der Waals surface area contributed by atoms with Crippen molar-refractivity contribution in [1.82, 2.24) is 10.3 Å². The maximum atomic E-state index is 12.3. The van der Waals surface area contributed by atoms with E-state index in [1.54, 1.807) is 56.0 Å². The smallest absolute Gasteiger partial charge is 0.253 e. The molecule has 1 aromatic carbocycles. The van der Waals surface area contributed by atoms with Gasteiger partial charge in [0.05, 0.1) is 43.1 Å². The number of pyridine rings is 1. The summed E-state index contributed by atoms with van der Waals surface area (Å²) < 4.78 is 10.5. The lowest BCUT2D eigenvalue weighted by Gasteiger charge is -2.12. The first-order valence-electron chi connectivity index (χ1n) is 7.52. The van der Waals surface area contributed by atoms with Crippen LogP contribution in [-0.4, -0.2) is 18.0 Å². The van der Waals surface area contributed by atoms with Crippen LogP contribution in [0.25, 0.3) is 0 Å². The lowest BCUT2D eigenvalue weighted by Crippen LogP contribution is -2.22. The number of anilines is 2. The van der Waals surface area contributed by atoms with E-state index in [0.717, 1.165) is 0 Å². The third-order valence-electron chi connectivity index (χ3n) is 3.44. The SMILES string of the molecule is COc1ccc(Cl)cc1Nc1cncc(C(=O)NCc2ccco2)c1. The van der Waals surface area contributed by atoms with Gasteiger partial charge in [-0.1, -0.05) is 11.6 Å². The quantitative estimate of drug-likeness (QED) is 0.697. The van der Waals surface area contributed by atoms with Crippen LogP contribution in [0.4, 0.5) is 11.4 Å². The molecule has 0 unspecified atom stereocenters. The number of halogens is 1. The summed E-state index contributed by atoms with van der Waals surface area (Å²) in [6.45, 7) is 0.311. The second-order valence-corrected chi connectivity index (χ2v) is 5.63. The van der Waals surface area contributed by atoms with Crippen LogP contribution in [0.5, 0.6) is 5.75 Å². The summed E-state index contributed by atoms with van der Waals surface area (Å²) >= 11 is 6.03. The molecule has 0 aliphatic carbocycles. The fourth-order valence-corrected chi connectivity index (χ4v) is 2.42. The average molecular weight is 358 g/mol. The molecule has 7 heteroatoms. The molecule has 0 spiro atoms. The van der Waals surface area contributed by atoms with Gasteiger partial charge in [-0.25, -0.2) is 0 Å². The van der Waals surface area contributed by atoms with Crippen molar-refractivity contribution in [3.05, 3.63) is 71.4 Å². The van der Waals surface area contributed by atoms with Gasteiger partial charge in [-0.3, -0.25) is 9.78 Å². The van der Waals surface area contributed by atoms with Crippen molar-refractivity contribution in [1.29, 1.82) is 0 Å². The van der Waals surface area contributed by atoms with Gasteiger partial charge in [0.15, 0.2) is 0 Å². The molecule has 3 aromatic rings. The van der Waals surface area contributed by atoms with Gasteiger partial charge >= 0.3 is 0 Å². The summed E-state index contributed by atoms with van der Waals surface area (Å²) in [7, 11) is 1.57. The van der Waals surface area contributed by atoms with E-state index >= 15 is 0 Å². The Morgan fingerprint density at radius 2 is 2.16 bits per heavy atom. The highest BCUT2D eigenvalue weighted by Crippen LogP contribution is 2.30. The second kappa shape index (κ2) is 7.72. The van der Waals surface area contributed by atoms with Crippen molar-refractivity contribution < 1.29 is 13.9 Å². The van der Waals surface area contributed by atoms with Crippen molar-refractivity contribution in [2.24, 2.45) is 0 Å². The topological polar surface area (TPSA) is 76.4 Å². The number of hydrogen-bond acceptors (Lipinski definition) is 5. The number of carbonyl (C=O) groups excluding carboxylic acids is 1. The van der Waals surface area contributed by atoms with E-state index < -0.39 is 0 Å². The summed E-state index contributed by atoms with van der Waals surface area (Å²) in [5, 5.41) is 6.51. The number of ether oxygens (including phenoxy) is 1. The van der Waals surface area contributed by atoms with Crippen LogP contribution in [0.2, 0.25) is 5.02 Å². The van der Waals surface area contributed by atoms with Crippen LogP contribution >= 0.6 is 11.6 Å². The summed E-state index contributed by atoms with van der Waals surface area (Å²) in [6.07, 6.45) is 4.67. The first kappa shape index (κ1) is 16.9. The van der Waals surface area contributed by atoms with E-state index in [2.05, 4.69) is 15.6 Å². The standard InChI is InChI=1S/C18H16ClN3O3/c1-24-17-5-4-13(19)8-16(17)22-14-7-12(9-20-10-14)18(23)21-11-15-3-2-6-25-15/h2-10,22H,11H2,1H3,(H,21,23). The van der Waals surface area contributed by atoms with Gasteiger partial charge in [0.25, 0.3) is 5.91 Å². The number of methoxy groups -OCH3 is 1. The summed E-state index contributed by atoms with van der Waals surface area (Å²) in [5.41, 5.74) is 1.76. The molecule has 0 fully saturated rings. The zero-order chi connectivity index (χ0) is 17.6. The monoisotopic (exact) mass is 357 g/mol. The van der Waals surface area contributed by atoms with Gasteiger partial charge in [-0.15, -0.1) is 0 Å². The Hall–Kier alpha value is -2.99. The third-order valence-corrected chi connectivity index (χ3v) is 3.68. The predicted octanol–water partition coefficient (Wildman–Crippen LogP) is 4.01. The van der Waals surface area contributed by atoms with Crippen molar-refractivity contribution in [3.63, 3.8) is 0 Å². The van der Waals surface area contributed by atoms with Crippen LogP contribution in [0.15, 0.2) is 59.5 Å². The maximum absolute atomic E-state index is 12.3. The number of rotatable bonds is 6. The van der Waals surface area contributed by atoms with E-state index in [1.165, 1.54) is 6.20 Å². The Morgan fingerprint density at radius 1 is 1.28 bits per heavy atom. The molecular formula is C18H16ClN3O3. The van der Waals surface area contributed by atoms with E-state index in [4.69, 9.17) is 20.8 Å². The number of aromatic nitrogens is 1. The van der Waals surface area contributed by atoms with Gasteiger partial charge in [0.1, 0.15) is 11.5 Å². The molecule has 2 aromatic heterocycles. The van der Waals surface area contributed by atoms with Crippen molar-refractivity contribution in [2.45, 2.75) is 6.54 Å². The van der Waals surface area contributed by atoms with E-state index in [-0.39, 0.29) is 5.91 Å². The average Bonchev–Trinajstić information content (AvgIpc) is 3.14. The molecule has 2 heterocycles. The van der Waals surface area contributed by atoms with Gasteiger partial charge < -0.3 is 19.8 Å². The lowest BCUT2D eigenvalue weighted by molar-refractivity contribution is 0.0947. The molecule has 1 amide bonds.